The van der Waals surface area contributed by atoms with Crippen molar-refractivity contribution >= 4 is 23.3 Å². The summed E-state index contributed by atoms with van der Waals surface area (Å²) in [5.41, 5.74) is 3.44. The summed E-state index contributed by atoms with van der Waals surface area (Å²) in [5, 5.41) is 20.8. The van der Waals surface area contributed by atoms with E-state index in [1.165, 1.54) is 11.1 Å². The van der Waals surface area contributed by atoms with Gasteiger partial charge >= 0.3 is 5.97 Å². The van der Waals surface area contributed by atoms with Gasteiger partial charge in [-0.2, -0.15) is 0 Å². The molecule has 0 unspecified atom stereocenters. The minimum atomic E-state index is -0.946. The monoisotopic (exact) mass is 467 g/mol. The van der Waals surface area contributed by atoms with E-state index in [0.29, 0.717) is 12.5 Å². The SMILES string of the molecule is C=C[C@H](O)[C@@H]1CC[C@H]1CN1C[C@@]2(CCCc3cc(Cl)ccc32)COc2ccc(C(=O)O)cc21. The van der Waals surface area contributed by atoms with Crippen molar-refractivity contribution in [2.45, 2.75) is 43.6 Å². The zero-order valence-electron chi connectivity index (χ0n) is 18.7. The van der Waals surface area contributed by atoms with Crippen LogP contribution >= 0.6 is 11.6 Å². The normalized spacial score (nSPS) is 26.9. The highest BCUT2D eigenvalue weighted by Gasteiger charge is 2.44. The minimum Gasteiger partial charge on any atom is -0.490 e. The lowest BCUT2D eigenvalue weighted by molar-refractivity contribution is 0.0460. The number of nitrogens with zero attached hydrogens (tertiary/aromatic N) is 1. The Hall–Kier alpha value is -2.50. The van der Waals surface area contributed by atoms with Crippen LogP contribution in [-0.2, 0) is 11.8 Å². The number of aliphatic hydroxyl groups is 1. The van der Waals surface area contributed by atoms with Crippen LogP contribution < -0.4 is 9.64 Å². The van der Waals surface area contributed by atoms with Crippen LogP contribution in [0, 0.1) is 11.8 Å². The maximum absolute atomic E-state index is 11.7. The van der Waals surface area contributed by atoms with Crippen LogP contribution in [0.5, 0.6) is 5.75 Å². The Morgan fingerprint density at radius 1 is 1.30 bits per heavy atom. The highest BCUT2D eigenvalue weighted by molar-refractivity contribution is 6.30. The van der Waals surface area contributed by atoms with Gasteiger partial charge in [0.1, 0.15) is 5.75 Å². The van der Waals surface area contributed by atoms with Crippen molar-refractivity contribution in [3.8, 4) is 5.75 Å². The molecule has 33 heavy (non-hydrogen) atoms. The zero-order chi connectivity index (χ0) is 23.2. The van der Waals surface area contributed by atoms with E-state index in [0.717, 1.165) is 61.7 Å². The van der Waals surface area contributed by atoms with Crippen LogP contribution in [-0.4, -0.2) is 42.0 Å². The summed E-state index contributed by atoms with van der Waals surface area (Å²) >= 11 is 6.31. The van der Waals surface area contributed by atoms with E-state index in [9.17, 15) is 15.0 Å². The molecule has 0 amide bonds. The first kappa shape index (κ1) is 22.3. The van der Waals surface area contributed by atoms with Gasteiger partial charge in [-0.05, 0) is 85.4 Å². The minimum absolute atomic E-state index is 0.186. The van der Waals surface area contributed by atoms with Crippen molar-refractivity contribution in [2.75, 3.05) is 24.6 Å². The van der Waals surface area contributed by atoms with Gasteiger partial charge < -0.3 is 19.8 Å². The van der Waals surface area contributed by atoms with Gasteiger partial charge in [-0.25, -0.2) is 4.79 Å². The number of fused-ring (bicyclic) bond motifs is 3. The Morgan fingerprint density at radius 2 is 2.15 bits per heavy atom. The predicted octanol–water partition coefficient (Wildman–Crippen LogP) is 5.08. The molecule has 2 N–H and O–H groups in total. The number of ether oxygens (including phenoxy) is 1. The van der Waals surface area contributed by atoms with Crippen molar-refractivity contribution < 1.29 is 19.7 Å². The molecule has 0 radical (unpaired) electrons. The molecule has 0 bridgehead atoms. The van der Waals surface area contributed by atoms with Crippen molar-refractivity contribution in [3.63, 3.8) is 0 Å². The molecule has 2 aromatic carbocycles. The standard InChI is InChI=1S/C27H30ClNO4/c1-2-24(30)21-8-5-19(21)14-29-15-27(11-3-4-17-12-20(28)7-9-22(17)27)16-33-25-10-6-18(26(31)32)13-23(25)29/h2,6-7,9-10,12-13,19,21,24,30H,1,3-5,8,11,14-16H2,(H,31,32)/t19-,21+,24-,27-/m0/s1. The van der Waals surface area contributed by atoms with Gasteiger partial charge in [0, 0.05) is 23.5 Å². The Kier molecular flexibility index (Phi) is 5.87. The summed E-state index contributed by atoms with van der Waals surface area (Å²) in [6, 6.07) is 11.3. The molecule has 1 spiro atoms. The Bertz CT molecular complexity index is 1090. The number of benzene rings is 2. The van der Waals surface area contributed by atoms with E-state index in [-0.39, 0.29) is 16.9 Å². The Balaban J connectivity index is 1.55. The number of hydrogen-bond acceptors (Lipinski definition) is 4. The summed E-state index contributed by atoms with van der Waals surface area (Å²) in [6.45, 7) is 5.80. The maximum Gasteiger partial charge on any atom is 0.335 e. The molecule has 0 saturated heterocycles. The molecule has 174 valence electrons. The zero-order valence-corrected chi connectivity index (χ0v) is 19.4. The second-order valence-corrected chi connectivity index (χ2v) is 10.3. The van der Waals surface area contributed by atoms with Gasteiger partial charge in [0.05, 0.1) is 24.0 Å². The molecule has 5 nitrogen and oxygen atoms in total. The average Bonchev–Trinajstić information content (AvgIpc) is 2.93. The maximum atomic E-state index is 11.7. The number of aliphatic hydroxyl groups excluding tert-OH is 1. The molecule has 3 aliphatic rings. The van der Waals surface area contributed by atoms with Gasteiger partial charge in [-0.1, -0.05) is 23.7 Å². The molecule has 2 aromatic rings. The third-order valence-electron chi connectivity index (χ3n) is 7.90. The fraction of sp³-hybridized carbons (Fsp3) is 0.444. The topological polar surface area (TPSA) is 70.0 Å². The van der Waals surface area contributed by atoms with E-state index in [1.807, 2.05) is 6.07 Å². The Morgan fingerprint density at radius 3 is 2.88 bits per heavy atom. The molecule has 4 atom stereocenters. The molecule has 1 fully saturated rings. The highest BCUT2D eigenvalue weighted by Crippen LogP contribution is 2.46. The highest BCUT2D eigenvalue weighted by atomic mass is 35.5. The van der Waals surface area contributed by atoms with Crippen LogP contribution in [0.1, 0.15) is 47.2 Å². The molecule has 2 aliphatic carbocycles. The average molecular weight is 468 g/mol. The van der Waals surface area contributed by atoms with Crippen LogP contribution in [0.15, 0.2) is 49.1 Å². The number of carboxylic acid groups (broad SMARTS) is 1. The van der Waals surface area contributed by atoms with E-state index in [2.05, 4.69) is 23.6 Å². The lowest BCUT2D eigenvalue weighted by atomic mass is 9.68. The fourth-order valence-corrected chi connectivity index (χ4v) is 6.17. The third kappa shape index (κ3) is 4.02. The molecule has 0 aromatic heterocycles. The van der Waals surface area contributed by atoms with Crippen LogP contribution in [0.2, 0.25) is 5.02 Å². The number of rotatable bonds is 5. The molecular formula is C27H30ClNO4. The van der Waals surface area contributed by atoms with Crippen LogP contribution in [0.25, 0.3) is 0 Å². The molecule has 1 aliphatic heterocycles. The number of anilines is 1. The summed E-state index contributed by atoms with van der Waals surface area (Å²) in [4.78, 5) is 14.0. The van der Waals surface area contributed by atoms with E-state index < -0.39 is 12.1 Å². The third-order valence-corrected chi connectivity index (χ3v) is 8.13. The second-order valence-electron chi connectivity index (χ2n) is 9.82. The first-order chi connectivity index (χ1) is 15.9. The molecule has 6 heteroatoms. The molecular weight excluding hydrogens is 438 g/mol. The lowest BCUT2D eigenvalue weighted by Crippen LogP contribution is -2.49. The van der Waals surface area contributed by atoms with Gasteiger partial charge in [0.15, 0.2) is 0 Å². The van der Waals surface area contributed by atoms with Crippen molar-refractivity contribution in [1.82, 2.24) is 0 Å². The fourth-order valence-electron chi connectivity index (χ4n) is 5.98. The van der Waals surface area contributed by atoms with Crippen LogP contribution in [0.4, 0.5) is 5.69 Å². The largest absolute Gasteiger partial charge is 0.490 e. The molecule has 1 saturated carbocycles. The van der Waals surface area contributed by atoms with Gasteiger partial charge in [-0.3, -0.25) is 0 Å². The summed E-state index contributed by atoms with van der Waals surface area (Å²) in [5.74, 6) is 0.282. The second kappa shape index (κ2) is 8.69. The summed E-state index contributed by atoms with van der Waals surface area (Å²) in [7, 11) is 0. The first-order valence-corrected chi connectivity index (χ1v) is 12.1. The van der Waals surface area contributed by atoms with E-state index in [4.69, 9.17) is 16.3 Å². The first-order valence-electron chi connectivity index (χ1n) is 11.7. The number of hydrogen-bond donors (Lipinski definition) is 2. The van der Waals surface area contributed by atoms with Crippen LogP contribution in [0.3, 0.4) is 0 Å². The quantitative estimate of drug-likeness (QED) is 0.600. The number of aromatic carboxylic acids is 1. The summed E-state index contributed by atoms with van der Waals surface area (Å²) in [6.07, 6.45) is 6.20. The van der Waals surface area contributed by atoms with Gasteiger partial charge in [0.25, 0.3) is 0 Å². The molecule has 1 heterocycles. The number of carbonyl (C=O) groups is 1. The lowest BCUT2D eigenvalue weighted by Gasteiger charge is -2.45. The van der Waals surface area contributed by atoms with Gasteiger partial charge in [-0.15, -0.1) is 6.58 Å². The van der Waals surface area contributed by atoms with Crippen molar-refractivity contribution in [2.24, 2.45) is 11.8 Å². The van der Waals surface area contributed by atoms with E-state index in [1.54, 1.807) is 24.3 Å². The van der Waals surface area contributed by atoms with Crippen molar-refractivity contribution in [1.29, 1.82) is 0 Å². The Labute approximate surface area is 199 Å². The van der Waals surface area contributed by atoms with Gasteiger partial charge in [0.2, 0.25) is 0 Å². The van der Waals surface area contributed by atoms with Crippen molar-refractivity contribution in [3.05, 3.63) is 70.8 Å². The predicted molar refractivity (Wildman–Crippen MR) is 130 cm³/mol. The molecule has 5 rings (SSSR count). The number of aryl methyl sites for hydroxylation is 1. The summed E-state index contributed by atoms with van der Waals surface area (Å²) < 4.78 is 6.39. The number of halogens is 1. The number of carboxylic acids is 1. The smallest absolute Gasteiger partial charge is 0.335 e. The van der Waals surface area contributed by atoms with E-state index >= 15 is 0 Å².